The number of aromatic nitrogens is 1. The summed E-state index contributed by atoms with van der Waals surface area (Å²) in [6.45, 7) is 11.6. The molecule has 1 aliphatic rings. The first-order chi connectivity index (χ1) is 8.94. The van der Waals surface area contributed by atoms with Crippen LogP contribution < -0.4 is 5.32 Å². The van der Waals surface area contributed by atoms with Gasteiger partial charge < -0.3 is 10.3 Å². The third-order valence-corrected chi connectivity index (χ3v) is 5.66. The van der Waals surface area contributed by atoms with Crippen LogP contribution in [0.2, 0.25) is 0 Å². The fraction of sp³-hybridized carbons (Fsp3) is 0.529. The summed E-state index contributed by atoms with van der Waals surface area (Å²) in [4.78, 5) is 3.33. The van der Waals surface area contributed by atoms with Gasteiger partial charge >= 0.3 is 0 Å². The van der Waals surface area contributed by atoms with E-state index in [-0.39, 0.29) is 0 Å². The van der Waals surface area contributed by atoms with Crippen LogP contribution in [-0.4, -0.2) is 11.5 Å². The Kier molecular flexibility index (Phi) is 2.75. The molecule has 3 rings (SSSR count). The number of H-pyrrole nitrogens is 1. The summed E-state index contributed by atoms with van der Waals surface area (Å²) in [6, 6.07) is 8.50. The average Bonchev–Trinajstić information content (AvgIpc) is 2.68. The topological polar surface area (TPSA) is 27.8 Å². The molecule has 0 unspecified atom stereocenters. The van der Waals surface area contributed by atoms with Crippen molar-refractivity contribution in [3.63, 3.8) is 0 Å². The number of fused-ring (bicyclic) bond motifs is 1. The van der Waals surface area contributed by atoms with Crippen LogP contribution in [0.25, 0.3) is 10.9 Å². The standard InChI is InChI=1S/C17H24N2/c1-16(2)15(17(16,3)4)11-18-9-12-10-19-14-8-6-5-7-13(12)14/h5-8,10,15,18-19H,9,11H2,1-4H3. The minimum Gasteiger partial charge on any atom is -0.361 e. The zero-order chi connectivity index (χ0) is 13.7. The van der Waals surface area contributed by atoms with E-state index in [9.17, 15) is 0 Å². The number of para-hydroxylation sites is 1. The second-order valence-electron chi connectivity index (χ2n) is 6.99. The summed E-state index contributed by atoms with van der Waals surface area (Å²) < 4.78 is 0. The van der Waals surface area contributed by atoms with Crippen molar-refractivity contribution >= 4 is 10.9 Å². The Bertz CT molecular complexity index is 578. The van der Waals surface area contributed by atoms with Crippen LogP contribution in [0, 0.1) is 16.7 Å². The van der Waals surface area contributed by atoms with Gasteiger partial charge in [0.1, 0.15) is 0 Å². The van der Waals surface area contributed by atoms with E-state index in [2.05, 4.69) is 68.5 Å². The summed E-state index contributed by atoms with van der Waals surface area (Å²) >= 11 is 0. The van der Waals surface area contributed by atoms with Gasteiger partial charge in [0.15, 0.2) is 0 Å². The van der Waals surface area contributed by atoms with Crippen molar-refractivity contribution in [1.82, 2.24) is 10.3 Å². The Morgan fingerprint density at radius 1 is 1.11 bits per heavy atom. The molecule has 0 atom stereocenters. The zero-order valence-corrected chi connectivity index (χ0v) is 12.4. The van der Waals surface area contributed by atoms with E-state index in [1.54, 1.807) is 0 Å². The smallest absolute Gasteiger partial charge is 0.0457 e. The second kappa shape index (κ2) is 4.11. The lowest BCUT2D eigenvalue weighted by Gasteiger charge is -2.05. The first-order valence-electron chi connectivity index (χ1n) is 7.20. The first kappa shape index (κ1) is 12.7. The highest BCUT2D eigenvalue weighted by molar-refractivity contribution is 5.82. The molecule has 2 aromatic rings. The molecule has 2 nitrogen and oxygen atoms in total. The van der Waals surface area contributed by atoms with E-state index in [1.165, 1.54) is 16.5 Å². The Morgan fingerprint density at radius 3 is 2.47 bits per heavy atom. The molecule has 0 amide bonds. The predicted octanol–water partition coefficient (Wildman–Crippen LogP) is 3.94. The third-order valence-electron chi connectivity index (χ3n) is 5.66. The van der Waals surface area contributed by atoms with Crippen LogP contribution in [0.3, 0.4) is 0 Å². The van der Waals surface area contributed by atoms with Crippen LogP contribution in [-0.2, 0) is 6.54 Å². The fourth-order valence-corrected chi connectivity index (χ4v) is 3.47. The van der Waals surface area contributed by atoms with Crippen LogP contribution in [0.5, 0.6) is 0 Å². The lowest BCUT2D eigenvalue weighted by atomic mass is 10.0. The van der Waals surface area contributed by atoms with Gasteiger partial charge in [-0.15, -0.1) is 0 Å². The van der Waals surface area contributed by atoms with Gasteiger partial charge in [0, 0.05) is 23.6 Å². The highest BCUT2D eigenvalue weighted by atomic mass is 14.9. The van der Waals surface area contributed by atoms with Gasteiger partial charge in [0.2, 0.25) is 0 Å². The molecule has 1 saturated carbocycles. The van der Waals surface area contributed by atoms with E-state index in [0.717, 1.165) is 19.0 Å². The normalized spacial score (nSPS) is 20.8. The summed E-state index contributed by atoms with van der Waals surface area (Å²) in [6.07, 6.45) is 2.13. The van der Waals surface area contributed by atoms with Gasteiger partial charge in [-0.3, -0.25) is 0 Å². The zero-order valence-electron chi connectivity index (χ0n) is 12.4. The molecule has 0 aliphatic heterocycles. The lowest BCUT2D eigenvalue weighted by Crippen LogP contribution is -2.18. The number of rotatable bonds is 4. The molecule has 1 aromatic carbocycles. The number of hydrogen-bond donors (Lipinski definition) is 2. The van der Waals surface area contributed by atoms with Crippen molar-refractivity contribution in [3.05, 3.63) is 36.0 Å². The number of hydrogen-bond acceptors (Lipinski definition) is 1. The molecule has 1 heterocycles. The molecule has 0 radical (unpaired) electrons. The van der Waals surface area contributed by atoms with Crippen molar-refractivity contribution in [1.29, 1.82) is 0 Å². The second-order valence-corrected chi connectivity index (χ2v) is 6.99. The number of aromatic amines is 1. The molecule has 19 heavy (non-hydrogen) atoms. The predicted molar refractivity (Wildman–Crippen MR) is 81.1 cm³/mol. The van der Waals surface area contributed by atoms with Crippen molar-refractivity contribution < 1.29 is 0 Å². The maximum atomic E-state index is 3.63. The minimum absolute atomic E-state index is 0.472. The van der Waals surface area contributed by atoms with E-state index in [1.807, 2.05) is 0 Å². The van der Waals surface area contributed by atoms with E-state index < -0.39 is 0 Å². The lowest BCUT2D eigenvalue weighted by molar-refractivity contribution is 0.457. The van der Waals surface area contributed by atoms with Crippen LogP contribution in [0.4, 0.5) is 0 Å². The minimum atomic E-state index is 0.472. The van der Waals surface area contributed by atoms with Gasteiger partial charge in [-0.1, -0.05) is 45.9 Å². The van der Waals surface area contributed by atoms with Crippen molar-refractivity contribution in [3.8, 4) is 0 Å². The van der Waals surface area contributed by atoms with Crippen molar-refractivity contribution in [2.45, 2.75) is 34.2 Å². The summed E-state index contributed by atoms with van der Waals surface area (Å²) in [5.74, 6) is 0.783. The molecule has 1 aliphatic carbocycles. The largest absolute Gasteiger partial charge is 0.361 e. The van der Waals surface area contributed by atoms with E-state index in [0.29, 0.717) is 10.8 Å². The van der Waals surface area contributed by atoms with Crippen LogP contribution in [0.15, 0.2) is 30.5 Å². The molecule has 2 heteroatoms. The summed E-state index contributed by atoms with van der Waals surface area (Å²) in [5, 5.41) is 4.97. The maximum absolute atomic E-state index is 3.63. The van der Waals surface area contributed by atoms with Crippen LogP contribution >= 0.6 is 0 Å². The SMILES string of the molecule is CC1(C)C(CNCc2c[nH]c3ccccc23)C1(C)C. The number of nitrogens with one attached hydrogen (secondary N) is 2. The number of benzene rings is 1. The summed E-state index contributed by atoms with van der Waals surface area (Å²) in [5.41, 5.74) is 3.54. The highest BCUT2D eigenvalue weighted by Gasteiger charge is 2.63. The maximum Gasteiger partial charge on any atom is 0.0457 e. The Balaban J connectivity index is 1.62. The Hall–Kier alpha value is -1.28. The van der Waals surface area contributed by atoms with E-state index >= 15 is 0 Å². The molecular formula is C17H24N2. The monoisotopic (exact) mass is 256 g/mol. The Labute approximate surface area is 115 Å². The van der Waals surface area contributed by atoms with Gasteiger partial charge in [0.25, 0.3) is 0 Å². The molecular weight excluding hydrogens is 232 g/mol. The molecule has 1 fully saturated rings. The molecule has 1 aromatic heterocycles. The quantitative estimate of drug-likeness (QED) is 0.852. The molecule has 0 saturated heterocycles. The van der Waals surface area contributed by atoms with Gasteiger partial charge in [-0.05, 0) is 34.9 Å². The Morgan fingerprint density at radius 2 is 1.79 bits per heavy atom. The fourth-order valence-electron chi connectivity index (χ4n) is 3.47. The van der Waals surface area contributed by atoms with Gasteiger partial charge in [-0.25, -0.2) is 0 Å². The van der Waals surface area contributed by atoms with Crippen LogP contribution in [0.1, 0.15) is 33.3 Å². The highest BCUT2D eigenvalue weighted by Crippen LogP contribution is 2.67. The van der Waals surface area contributed by atoms with E-state index in [4.69, 9.17) is 0 Å². The first-order valence-corrected chi connectivity index (χ1v) is 7.20. The molecule has 102 valence electrons. The average molecular weight is 256 g/mol. The summed E-state index contributed by atoms with van der Waals surface area (Å²) in [7, 11) is 0. The van der Waals surface area contributed by atoms with Gasteiger partial charge in [0.05, 0.1) is 0 Å². The van der Waals surface area contributed by atoms with Gasteiger partial charge in [-0.2, -0.15) is 0 Å². The van der Waals surface area contributed by atoms with Crippen molar-refractivity contribution in [2.24, 2.45) is 16.7 Å². The molecule has 2 N–H and O–H groups in total. The molecule has 0 bridgehead atoms. The molecule has 0 spiro atoms. The van der Waals surface area contributed by atoms with Crippen molar-refractivity contribution in [2.75, 3.05) is 6.54 Å². The third kappa shape index (κ3) is 1.90.